The number of piperidine rings is 1. The summed E-state index contributed by atoms with van der Waals surface area (Å²) in [6.45, 7) is 10.1. The Morgan fingerprint density at radius 2 is 1.85 bits per heavy atom. The molecule has 2 saturated heterocycles. The highest BCUT2D eigenvalue weighted by Crippen LogP contribution is 2.69. The third-order valence-corrected chi connectivity index (χ3v) is 6.75. The van der Waals surface area contributed by atoms with E-state index in [4.69, 9.17) is 14.0 Å². The van der Waals surface area contributed by atoms with E-state index in [0.717, 1.165) is 24.9 Å². The van der Waals surface area contributed by atoms with Gasteiger partial charge in [0.05, 0.1) is 11.2 Å². The Morgan fingerprint density at radius 1 is 1.19 bits per heavy atom. The zero-order chi connectivity index (χ0) is 18.6. The molecule has 4 rings (SSSR count). The minimum absolute atomic E-state index is 0.0707. The van der Waals surface area contributed by atoms with Crippen LogP contribution in [0.2, 0.25) is 5.31 Å². The summed E-state index contributed by atoms with van der Waals surface area (Å²) in [6, 6.07) is 9.79. The fraction of sp³-hybridized carbons (Fsp3) is 0.650. The molecule has 3 fully saturated rings. The summed E-state index contributed by atoms with van der Waals surface area (Å²) in [5.74, 6) is 0.440. The van der Waals surface area contributed by atoms with Gasteiger partial charge in [0.2, 0.25) is 0 Å². The molecule has 1 amide bonds. The molecule has 1 aliphatic carbocycles. The molecule has 0 radical (unpaired) electrons. The Balaban J connectivity index is 1.33. The largest absolute Gasteiger partial charge is 0.464 e. The maximum Gasteiger partial charge on any atom is 0.464 e. The first-order valence-electron chi connectivity index (χ1n) is 9.55. The molecule has 140 valence electrons. The monoisotopic (exact) mass is 357 g/mol. The number of rotatable bonds is 3. The number of carbonyl (C=O) groups excluding carboxylic acids is 1. The van der Waals surface area contributed by atoms with Gasteiger partial charge >= 0.3 is 13.2 Å². The number of likely N-dealkylation sites (tertiary alicyclic amines) is 1. The molecule has 1 saturated carbocycles. The predicted molar refractivity (Wildman–Crippen MR) is 99.7 cm³/mol. The standard InChI is InChI=1S/C20H28BNO4/c1-18(2)19(3,4)26-21(25-18)20-10-11-22(13-16(20)12-20)17(23)24-14-15-8-6-5-7-9-15/h5-9,16H,10-14H2,1-4H3. The van der Waals surface area contributed by atoms with Crippen LogP contribution >= 0.6 is 0 Å². The third kappa shape index (κ3) is 2.93. The average Bonchev–Trinajstić information content (AvgIpc) is 3.29. The minimum atomic E-state index is -0.300. The molecule has 0 spiro atoms. The van der Waals surface area contributed by atoms with Crippen LogP contribution in [0.5, 0.6) is 0 Å². The van der Waals surface area contributed by atoms with E-state index in [0.29, 0.717) is 19.1 Å². The van der Waals surface area contributed by atoms with Crippen LogP contribution in [0.4, 0.5) is 4.79 Å². The summed E-state index contributed by atoms with van der Waals surface area (Å²) in [6.07, 6.45) is 1.75. The predicted octanol–water partition coefficient (Wildman–Crippen LogP) is 3.88. The first kappa shape index (κ1) is 17.9. The molecule has 6 heteroatoms. The first-order valence-corrected chi connectivity index (χ1v) is 9.55. The van der Waals surface area contributed by atoms with Crippen molar-refractivity contribution >= 4 is 13.2 Å². The molecular formula is C20H28BNO4. The van der Waals surface area contributed by atoms with Gasteiger partial charge in [-0.1, -0.05) is 30.3 Å². The van der Waals surface area contributed by atoms with Gasteiger partial charge in [-0.2, -0.15) is 0 Å². The molecule has 2 unspecified atom stereocenters. The zero-order valence-electron chi connectivity index (χ0n) is 16.2. The summed E-state index contributed by atoms with van der Waals surface area (Å²) < 4.78 is 18.1. The van der Waals surface area contributed by atoms with Gasteiger partial charge in [0.25, 0.3) is 0 Å². The highest BCUT2D eigenvalue weighted by molar-refractivity contribution is 6.51. The molecule has 3 aliphatic rings. The summed E-state index contributed by atoms with van der Waals surface area (Å²) in [7, 11) is -0.167. The number of ether oxygens (including phenoxy) is 1. The SMILES string of the molecule is CC1(C)OB(C23CCN(C(=O)OCc4ccccc4)CC2C3)OC1(C)C. The van der Waals surface area contributed by atoms with Crippen LogP contribution in [0, 0.1) is 5.92 Å². The van der Waals surface area contributed by atoms with E-state index in [9.17, 15) is 4.79 Å². The summed E-state index contributed by atoms with van der Waals surface area (Å²) in [5.41, 5.74) is 0.409. The van der Waals surface area contributed by atoms with Crippen LogP contribution in [-0.2, 0) is 20.7 Å². The van der Waals surface area contributed by atoms with Crippen LogP contribution < -0.4 is 0 Å². The number of carbonyl (C=O) groups is 1. The molecule has 2 atom stereocenters. The molecule has 2 heterocycles. The van der Waals surface area contributed by atoms with E-state index < -0.39 is 0 Å². The number of nitrogens with zero attached hydrogens (tertiary/aromatic N) is 1. The average molecular weight is 357 g/mol. The molecule has 1 aromatic carbocycles. The maximum absolute atomic E-state index is 12.4. The van der Waals surface area contributed by atoms with Crippen molar-refractivity contribution in [1.82, 2.24) is 4.90 Å². The van der Waals surface area contributed by atoms with Crippen LogP contribution in [0.15, 0.2) is 30.3 Å². The van der Waals surface area contributed by atoms with Gasteiger partial charge in [-0.15, -0.1) is 0 Å². The maximum atomic E-state index is 12.4. The minimum Gasteiger partial charge on any atom is -0.445 e. The highest BCUT2D eigenvalue weighted by Gasteiger charge is 2.70. The van der Waals surface area contributed by atoms with Crippen molar-refractivity contribution in [2.75, 3.05) is 13.1 Å². The molecular weight excluding hydrogens is 329 g/mol. The van der Waals surface area contributed by atoms with Crippen LogP contribution in [0.3, 0.4) is 0 Å². The Kier molecular flexibility index (Phi) is 4.12. The van der Waals surface area contributed by atoms with Crippen LogP contribution in [0.1, 0.15) is 46.1 Å². The molecule has 5 nitrogen and oxygen atoms in total. The lowest BCUT2D eigenvalue weighted by atomic mass is 9.63. The van der Waals surface area contributed by atoms with Crippen LogP contribution in [0.25, 0.3) is 0 Å². The van der Waals surface area contributed by atoms with Gasteiger partial charge in [-0.25, -0.2) is 4.79 Å². The fourth-order valence-corrected chi connectivity index (χ4v) is 4.11. The lowest BCUT2D eigenvalue weighted by Gasteiger charge is -2.32. The van der Waals surface area contributed by atoms with Crippen molar-refractivity contribution in [3.05, 3.63) is 35.9 Å². The van der Waals surface area contributed by atoms with E-state index in [1.54, 1.807) is 0 Å². The lowest BCUT2D eigenvalue weighted by molar-refractivity contribution is 0.00578. The highest BCUT2D eigenvalue weighted by atomic mass is 16.7. The third-order valence-electron chi connectivity index (χ3n) is 6.75. The Morgan fingerprint density at radius 3 is 2.46 bits per heavy atom. The zero-order valence-corrected chi connectivity index (χ0v) is 16.2. The molecule has 0 N–H and O–H groups in total. The smallest absolute Gasteiger partial charge is 0.445 e. The van der Waals surface area contributed by atoms with Crippen molar-refractivity contribution < 1.29 is 18.8 Å². The number of hydrogen-bond donors (Lipinski definition) is 0. The van der Waals surface area contributed by atoms with E-state index in [2.05, 4.69) is 27.7 Å². The van der Waals surface area contributed by atoms with Crippen molar-refractivity contribution in [2.45, 2.75) is 63.7 Å². The lowest BCUT2D eigenvalue weighted by Crippen LogP contribution is -2.42. The van der Waals surface area contributed by atoms with Crippen molar-refractivity contribution in [3.8, 4) is 0 Å². The second-order valence-electron chi connectivity index (χ2n) is 8.96. The quantitative estimate of drug-likeness (QED) is 0.771. The number of hydrogen-bond acceptors (Lipinski definition) is 4. The molecule has 1 aromatic rings. The first-order chi connectivity index (χ1) is 12.2. The molecule has 26 heavy (non-hydrogen) atoms. The Labute approximate surface area is 156 Å². The number of amides is 1. The summed E-state index contributed by atoms with van der Waals surface area (Å²) in [5, 5.41) is 0.0707. The number of fused-ring (bicyclic) bond motifs is 1. The second-order valence-corrected chi connectivity index (χ2v) is 8.96. The Hall–Kier alpha value is -1.53. The van der Waals surface area contributed by atoms with Gasteiger partial charge in [0.1, 0.15) is 6.61 Å². The molecule has 2 aliphatic heterocycles. The Bertz CT molecular complexity index is 676. The normalized spacial score (nSPS) is 31.5. The van der Waals surface area contributed by atoms with Gasteiger partial charge in [0, 0.05) is 18.4 Å². The molecule has 0 bridgehead atoms. The van der Waals surface area contributed by atoms with Gasteiger partial charge in [0.15, 0.2) is 0 Å². The summed E-state index contributed by atoms with van der Waals surface area (Å²) >= 11 is 0. The topological polar surface area (TPSA) is 48.0 Å². The molecule has 0 aromatic heterocycles. The van der Waals surface area contributed by atoms with Crippen molar-refractivity contribution in [2.24, 2.45) is 5.92 Å². The fourth-order valence-electron chi connectivity index (χ4n) is 4.11. The van der Waals surface area contributed by atoms with Gasteiger partial charge in [-0.3, -0.25) is 0 Å². The van der Waals surface area contributed by atoms with E-state index >= 15 is 0 Å². The number of benzene rings is 1. The van der Waals surface area contributed by atoms with Gasteiger partial charge in [-0.05, 0) is 52.0 Å². The van der Waals surface area contributed by atoms with E-state index in [1.807, 2.05) is 35.2 Å². The second kappa shape index (κ2) is 5.99. The summed E-state index contributed by atoms with van der Waals surface area (Å²) in [4.78, 5) is 14.2. The van der Waals surface area contributed by atoms with Crippen molar-refractivity contribution in [3.63, 3.8) is 0 Å². The van der Waals surface area contributed by atoms with E-state index in [1.165, 1.54) is 0 Å². The van der Waals surface area contributed by atoms with Crippen LogP contribution in [-0.4, -0.2) is 42.4 Å². The van der Waals surface area contributed by atoms with Gasteiger partial charge < -0.3 is 18.9 Å². The van der Waals surface area contributed by atoms with E-state index in [-0.39, 0.29) is 29.7 Å². The van der Waals surface area contributed by atoms with Crippen molar-refractivity contribution in [1.29, 1.82) is 0 Å².